The number of aromatic nitrogens is 3. The molecule has 0 saturated carbocycles. The molecule has 0 atom stereocenters. The molecule has 0 unspecified atom stereocenters. The molecule has 2 rings (SSSR count). The Morgan fingerprint density at radius 3 is 2.61 bits per heavy atom. The fraction of sp³-hybridized carbons (Fsp3) is 0.250. The highest BCUT2D eigenvalue weighted by molar-refractivity contribution is 9.10. The summed E-state index contributed by atoms with van der Waals surface area (Å²) in [5.41, 5.74) is 1.02. The molecule has 0 N–H and O–H groups in total. The van der Waals surface area contributed by atoms with Crippen LogP contribution in [-0.4, -0.2) is 27.7 Å². The lowest BCUT2D eigenvalue weighted by molar-refractivity contribution is 0.0998. The Morgan fingerprint density at radius 1 is 1.39 bits per heavy atom. The number of hydrogen-bond donors (Lipinski definition) is 0. The summed E-state index contributed by atoms with van der Waals surface area (Å²) in [6.45, 7) is 1.97. The lowest BCUT2D eigenvalue weighted by atomic mass is 10.2. The van der Waals surface area contributed by atoms with E-state index in [-0.39, 0.29) is 5.78 Å². The van der Waals surface area contributed by atoms with Gasteiger partial charge in [0.15, 0.2) is 11.6 Å². The van der Waals surface area contributed by atoms with Crippen LogP contribution in [0.5, 0.6) is 5.75 Å². The summed E-state index contributed by atoms with van der Waals surface area (Å²) in [7, 11) is 1.62. The van der Waals surface area contributed by atoms with Crippen molar-refractivity contribution in [2.45, 2.75) is 13.5 Å². The lowest BCUT2D eigenvalue weighted by Crippen LogP contribution is -2.10. The van der Waals surface area contributed by atoms with Crippen LogP contribution in [0.1, 0.15) is 23.1 Å². The monoisotopic (exact) mass is 309 g/mol. The number of ketones is 1. The zero-order chi connectivity index (χ0) is 13.1. The second-order valence-corrected chi connectivity index (χ2v) is 4.48. The maximum atomic E-state index is 11.4. The number of carbonyl (C=O) groups is 1. The summed E-state index contributed by atoms with van der Waals surface area (Å²) in [5, 5.41) is 4.14. The van der Waals surface area contributed by atoms with E-state index in [1.165, 1.54) is 6.92 Å². The van der Waals surface area contributed by atoms with Crippen molar-refractivity contribution in [1.29, 1.82) is 0 Å². The van der Waals surface area contributed by atoms with E-state index in [0.29, 0.717) is 17.1 Å². The van der Waals surface area contributed by atoms with Crippen LogP contribution in [-0.2, 0) is 6.54 Å². The molecule has 0 saturated heterocycles. The first kappa shape index (κ1) is 12.8. The van der Waals surface area contributed by atoms with Gasteiger partial charge in [0.25, 0.3) is 0 Å². The molecule has 2 aromatic rings. The second kappa shape index (κ2) is 5.30. The van der Waals surface area contributed by atoms with Gasteiger partial charge in [-0.3, -0.25) is 4.79 Å². The third-order valence-corrected chi connectivity index (χ3v) is 2.79. The molecular weight excluding hydrogens is 298 g/mol. The minimum Gasteiger partial charge on any atom is -0.497 e. The standard InChI is InChI=1S/C12H12BrN3O2/c1-8(17)11-14-12(13)15-16(11)7-9-3-5-10(18-2)6-4-9/h3-6H,7H2,1-2H3. The number of methoxy groups -OCH3 is 1. The number of ether oxygens (including phenoxy) is 1. The van der Waals surface area contributed by atoms with Crippen LogP contribution in [0.15, 0.2) is 29.0 Å². The summed E-state index contributed by atoms with van der Waals surface area (Å²) in [5.74, 6) is 1.03. The summed E-state index contributed by atoms with van der Waals surface area (Å²) >= 11 is 3.17. The maximum absolute atomic E-state index is 11.4. The topological polar surface area (TPSA) is 57.0 Å². The smallest absolute Gasteiger partial charge is 0.217 e. The molecule has 94 valence electrons. The van der Waals surface area contributed by atoms with Crippen LogP contribution in [0, 0.1) is 0 Å². The van der Waals surface area contributed by atoms with Gasteiger partial charge in [-0.05, 0) is 33.6 Å². The van der Waals surface area contributed by atoms with Gasteiger partial charge in [-0.15, -0.1) is 5.10 Å². The number of hydrogen-bond acceptors (Lipinski definition) is 4. The van der Waals surface area contributed by atoms with Gasteiger partial charge in [-0.1, -0.05) is 12.1 Å². The molecule has 6 heteroatoms. The highest BCUT2D eigenvalue weighted by Gasteiger charge is 2.12. The Kier molecular flexibility index (Phi) is 3.76. The van der Waals surface area contributed by atoms with E-state index in [0.717, 1.165) is 11.3 Å². The summed E-state index contributed by atoms with van der Waals surface area (Å²) < 4.78 is 7.08. The van der Waals surface area contributed by atoms with Crippen LogP contribution < -0.4 is 4.74 Å². The lowest BCUT2D eigenvalue weighted by Gasteiger charge is -2.05. The molecule has 0 radical (unpaired) electrons. The predicted octanol–water partition coefficient (Wildman–Crippen LogP) is 2.30. The number of rotatable bonds is 4. The SMILES string of the molecule is COc1ccc(Cn2nc(Br)nc2C(C)=O)cc1. The van der Waals surface area contributed by atoms with Crippen LogP contribution in [0.4, 0.5) is 0 Å². The van der Waals surface area contributed by atoms with Crippen molar-refractivity contribution in [1.82, 2.24) is 14.8 Å². The van der Waals surface area contributed by atoms with E-state index in [1.807, 2.05) is 24.3 Å². The van der Waals surface area contributed by atoms with Crippen molar-refractivity contribution < 1.29 is 9.53 Å². The average molecular weight is 310 g/mol. The third-order valence-electron chi connectivity index (χ3n) is 2.45. The van der Waals surface area contributed by atoms with Gasteiger partial charge in [0, 0.05) is 6.92 Å². The van der Waals surface area contributed by atoms with Gasteiger partial charge < -0.3 is 4.74 Å². The average Bonchev–Trinajstić information content (AvgIpc) is 2.71. The first-order valence-electron chi connectivity index (χ1n) is 5.34. The molecule has 0 fully saturated rings. The van der Waals surface area contributed by atoms with Crippen molar-refractivity contribution in [2.24, 2.45) is 0 Å². The number of carbonyl (C=O) groups excluding carboxylic acids is 1. The van der Waals surface area contributed by atoms with Gasteiger partial charge >= 0.3 is 0 Å². The van der Waals surface area contributed by atoms with Crippen molar-refractivity contribution in [2.75, 3.05) is 7.11 Å². The highest BCUT2D eigenvalue weighted by atomic mass is 79.9. The first-order valence-corrected chi connectivity index (χ1v) is 6.13. The molecule has 0 aliphatic carbocycles. The summed E-state index contributed by atoms with van der Waals surface area (Å²) in [6, 6.07) is 7.60. The van der Waals surface area contributed by atoms with Crippen molar-refractivity contribution in [3.05, 3.63) is 40.4 Å². The van der Waals surface area contributed by atoms with Crippen LogP contribution in [0.25, 0.3) is 0 Å². The summed E-state index contributed by atoms with van der Waals surface area (Å²) in [4.78, 5) is 15.4. The van der Waals surface area contributed by atoms with Gasteiger partial charge in [0.1, 0.15) is 5.75 Å². The van der Waals surface area contributed by atoms with E-state index in [9.17, 15) is 4.79 Å². The Hall–Kier alpha value is -1.69. The molecule has 5 nitrogen and oxygen atoms in total. The minimum absolute atomic E-state index is 0.110. The molecule has 1 aromatic heterocycles. The normalized spacial score (nSPS) is 10.4. The number of nitrogens with zero attached hydrogens (tertiary/aromatic N) is 3. The Labute approximate surface area is 113 Å². The quantitative estimate of drug-likeness (QED) is 0.813. The predicted molar refractivity (Wildman–Crippen MR) is 69.8 cm³/mol. The number of halogens is 1. The van der Waals surface area contributed by atoms with Crippen LogP contribution >= 0.6 is 15.9 Å². The molecule has 1 heterocycles. The Balaban J connectivity index is 2.25. The minimum atomic E-state index is -0.110. The molecule has 0 amide bonds. The molecule has 0 spiro atoms. The van der Waals surface area contributed by atoms with Crippen molar-refractivity contribution in [3.63, 3.8) is 0 Å². The fourth-order valence-electron chi connectivity index (χ4n) is 1.59. The van der Waals surface area contributed by atoms with E-state index in [2.05, 4.69) is 26.0 Å². The van der Waals surface area contributed by atoms with Crippen molar-refractivity contribution >= 4 is 21.7 Å². The van der Waals surface area contributed by atoms with Gasteiger partial charge in [-0.25, -0.2) is 4.68 Å². The zero-order valence-electron chi connectivity index (χ0n) is 10.1. The second-order valence-electron chi connectivity index (χ2n) is 3.77. The molecule has 0 aliphatic heterocycles. The fourth-order valence-corrected chi connectivity index (χ4v) is 1.95. The largest absolute Gasteiger partial charge is 0.497 e. The van der Waals surface area contributed by atoms with Crippen molar-refractivity contribution in [3.8, 4) is 5.75 Å². The first-order chi connectivity index (χ1) is 8.60. The van der Waals surface area contributed by atoms with E-state index >= 15 is 0 Å². The Bertz CT molecular complexity index is 563. The highest BCUT2D eigenvalue weighted by Crippen LogP contribution is 2.14. The maximum Gasteiger partial charge on any atom is 0.217 e. The van der Waals surface area contributed by atoms with Gasteiger partial charge in [0.2, 0.25) is 4.73 Å². The van der Waals surface area contributed by atoms with E-state index < -0.39 is 0 Å². The van der Waals surface area contributed by atoms with E-state index in [1.54, 1.807) is 11.8 Å². The third kappa shape index (κ3) is 2.76. The molecule has 18 heavy (non-hydrogen) atoms. The molecule has 0 bridgehead atoms. The van der Waals surface area contributed by atoms with Gasteiger partial charge in [0.05, 0.1) is 13.7 Å². The summed E-state index contributed by atoms with van der Waals surface area (Å²) in [6.07, 6.45) is 0. The molecular formula is C12H12BrN3O2. The molecule has 1 aromatic carbocycles. The number of Topliss-reactive ketones (excluding diaryl/α,β-unsaturated/α-hetero) is 1. The zero-order valence-corrected chi connectivity index (χ0v) is 11.6. The Morgan fingerprint density at radius 2 is 2.06 bits per heavy atom. The van der Waals surface area contributed by atoms with Crippen LogP contribution in [0.3, 0.4) is 0 Å². The van der Waals surface area contributed by atoms with Gasteiger partial charge in [-0.2, -0.15) is 4.98 Å². The number of benzene rings is 1. The molecule has 0 aliphatic rings. The van der Waals surface area contributed by atoms with E-state index in [4.69, 9.17) is 4.74 Å². The van der Waals surface area contributed by atoms with Crippen LogP contribution in [0.2, 0.25) is 0 Å².